The molecule has 0 bridgehead atoms. The lowest BCUT2D eigenvalue weighted by molar-refractivity contribution is -0.140. The van der Waals surface area contributed by atoms with Crippen LogP contribution in [0.2, 0.25) is 0 Å². The maximum atomic E-state index is 13.0. The van der Waals surface area contributed by atoms with Crippen LogP contribution in [0.4, 0.5) is 0 Å². The molecule has 1 aromatic carbocycles. The summed E-state index contributed by atoms with van der Waals surface area (Å²) >= 11 is 0. The van der Waals surface area contributed by atoms with Crippen molar-refractivity contribution < 1.29 is 19.1 Å². The van der Waals surface area contributed by atoms with Gasteiger partial charge in [0.25, 0.3) is 0 Å². The van der Waals surface area contributed by atoms with Crippen molar-refractivity contribution in [1.82, 2.24) is 9.80 Å². The second-order valence-electron chi connectivity index (χ2n) is 8.00. The molecule has 158 valence electrons. The summed E-state index contributed by atoms with van der Waals surface area (Å²) < 4.78 is 6.14. The van der Waals surface area contributed by atoms with E-state index in [4.69, 9.17) is 10.5 Å². The van der Waals surface area contributed by atoms with E-state index < -0.39 is 5.91 Å². The highest BCUT2D eigenvalue weighted by Gasteiger charge is 2.34. The summed E-state index contributed by atoms with van der Waals surface area (Å²) in [5, 5.41) is 0. The summed E-state index contributed by atoms with van der Waals surface area (Å²) in [6.45, 7) is 1.32. The first-order chi connectivity index (χ1) is 14.0. The Balaban J connectivity index is 1.70. The maximum absolute atomic E-state index is 13.0. The number of amides is 3. The Bertz CT molecular complexity index is 703. The molecule has 2 N–H and O–H groups in total. The monoisotopic (exact) mass is 401 g/mol. The largest absolute Gasteiger partial charge is 0.370 e. The molecule has 3 amide bonds. The highest BCUT2D eigenvalue weighted by Crippen LogP contribution is 2.25. The Hall–Kier alpha value is -2.41. The number of hydrogen-bond donors (Lipinski definition) is 1. The SMILES string of the molecule is NC(=O)CCC(=O)N1CC(=O)N(C2CCCCC2)C[C@@H](OCc2ccccc2)C1. The fraction of sp³-hybridized carbons (Fsp3) is 0.591. The minimum absolute atomic E-state index is 0.00853. The van der Waals surface area contributed by atoms with Gasteiger partial charge in [-0.2, -0.15) is 0 Å². The first kappa shape index (κ1) is 21.3. The molecule has 1 aliphatic carbocycles. The van der Waals surface area contributed by atoms with Gasteiger partial charge in [0.1, 0.15) is 0 Å². The number of ether oxygens (including phenoxy) is 1. The van der Waals surface area contributed by atoms with Gasteiger partial charge in [0.2, 0.25) is 17.7 Å². The van der Waals surface area contributed by atoms with Crippen LogP contribution in [0.5, 0.6) is 0 Å². The standard InChI is InChI=1S/C22H31N3O4/c23-20(26)11-12-21(27)24-13-19(29-16-17-7-3-1-4-8-17)14-25(22(28)15-24)18-9-5-2-6-10-18/h1,3-4,7-8,18-19H,2,5-6,9-16H2,(H2,23,26)/t19-/m0/s1. The van der Waals surface area contributed by atoms with Crippen LogP contribution < -0.4 is 5.73 Å². The third-order valence-electron chi connectivity index (χ3n) is 5.75. The van der Waals surface area contributed by atoms with Crippen molar-refractivity contribution >= 4 is 17.7 Å². The summed E-state index contributed by atoms with van der Waals surface area (Å²) in [6.07, 6.45) is 5.24. The second kappa shape index (κ2) is 10.4. The fourth-order valence-corrected chi connectivity index (χ4v) is 4.16. The smallest absolute Gasteiger partial charge is 0.242 e. The molecule has 1 aromatic rings. The second-order valence-corrected chi connectivity index (χ2v) is 8.00. The number of benzene rings is 1. The third-order valence-corrected chi connectivity index (χ3v) is 5.75. The first-order valence-electron chi connectivity index (χ1n) is 10.5. The van der Waals surface area contributed by atoms with E-state index in [1.54, 1.807) is 0 Å². The predicted molar refractivity (Wildman–Crippen MR) is 109 cm³/mol. The van der Waals surface area contributed by atoms with Gasteiger partial charge in [-0.3, -0.25) is 14.4 Å². The van der Waals surface area contributed by atoms with Gasteiger partial charge in [-0.1, -0.05) is 49.6 Å². The van der Waals surface area contributed by atoms with Crippen LogP contribution in [-0.2, 0) is 25.7 Å². The summed E-state index contributed by atoms with van der Waals surface area (Å²) in [6, 6.07) is 10.1. The normalized spacial score (nSPS) is 21.1. The van der Waals surface area contributed by atoms with E-state index in [-0.39, 0.29) is 43.3 Å². The minimum atomic E-state index is -0.514. The average Bonchev–Trinajstić information content (AvgIpc) is 2.90. The summed E-state index contributed by atoms with van der Waals surface area (Å²) in [7, 11) is 0. The number of primary amides is 1. The zero-order valence-electron chi connectivity index (χ0n) is 16.9. The van der Waals surface area contributed by atoms with Crippen LogP contribution in [0.1, 0.15) is 50.5 Å². The molecule has 1 heterocycles. The van der Waals surface area contributed by atoms with Gasteiger partial charge in [0.15, 0.2) is 0 Å². The number of carbonyl (C=O) groups excluding carboxylic acids is 3. The van der Waals surface area contributed by atoms with Crippen molar-refractivity contribution in [2.24, 2.45) is 5.73 Å². The van der Waals surface area contributed by atoms with Gasteiger partial charge in [-0.15, -0.1) is 0 Å². The Kier molecular flexibility index (Phi) is 7.63. The van der Waals surface area contributed by atoms with E-state index >= 15 is 0 Å². The molecular formula is C22H31N3O4. The Morgan fingerprint density at radius 3 is 2.45 bits per heavy atom. The number of hydrogen-bond acceptors (Lipinski definition) is 4. The third kappa shape index (κ3) is 6.29. The summed E-state index contributed by atoms with van der Waals surface area (Å²) in [5.74, 6) is -0.772. The van der Waals surface area contributed by atoms with E-state index in [9.17, 15) is 14.4 Å². The number of carbonyl (C=O) groups is 3. The van der Waals surface area contributed by atoms with Crippen LogP contribution in [0, 0.1) is 0 Å². The molecule has 0 aromatic heterocycles. The molecule has 1 atom stereocenters. The molecule has 2 aliphatic rings. The van der Waals surface area contributed by atoms with Crippen LogP contribution in [-0.4, -0.2) is 59.3 Å². The average molecular weight is 402 g/mol. The van der Waals surface area contributed by atoms with Crippen molar-refractivity contribution in [3.05, 3.63) is 35.9 Å². The van der Waals surface area contributed by atoms with E-state index in [1.165, 1.54) is 11.3 Å². The predicted octanol–water partition coefficient (Wildman–Crippen LogP) is 1.84. The zero-order valence-corrected chi connectivity index (χ0v) is 16.9. The molecule has 0 unspecified atom stereocenters. The van der Waals surface area contributed by atoms with Gasteiger partial charge in [0, 0.05) is 32.0 Å². The molecule has 0 radical (unpaired) electrons. The molecule has 1 aliphatic heterocycles. The van der Waals surface area contributed by atoms with Crippen molar-refractivity contribution in [3.63, 3.8) is 0 Å². The van der Waals surface area contributed by atoms with Crippen LogP contribution in [0.25, 0.3) is 0 Å². The van der Waals surface area contributed by atoms with Crippen LogP contribution >= 0.6 is 0 Å². The summed E-state index contributed by atoms with van der Waals surface area (Å²) in [4.78, 5) is 40.1. The number of nitrogens with zero attached hydrogens (tertiary/aromatic N) is 2. The van der Waals surface area contributed by atoms with E-state index in [0.29, 0.717) is 19.7 Å². The van der Waals surface area contributed by atoms with Gasteiger partial charge >= 0.3 is 0 Å². The van der Waals surface area contributed by atoms with Gasteiger partial charge < -0.3 is 20.3 Å². The van der Waals surface area contributed by atoms with E-state index in [1.807, 2.05) is 35.2 Å². The van der Waals surface area contributed by atoms with E-state index in [0.717, 1.165) is 31.2 Å². The zero-order chi connectivity index (χ0) is 20.6. The number of nitrogens with two attached hydrogens (primary N) is 1. The quantitative estimate of drug-likeness (QED) is 0.754. The molecular weight excluding hydrogens is 370 g/mol. The molecule has 0 spiro atoms. The van der Waals surface area contributed by atoms with Crippen LogP contribution in [0.15, 0.2) is 30.3 Å². The molecule has 1 saturated heterocycles. The molecule has 3 rings (SSSR count). The molecule has 1 saturated carbocycles. The van der Waals surface area contributed by atoms with Gasteiger partial charge in [-0.25, -0.2) is 0 Å². The molecule has 2 fully saturated rings. The lowest BCUT2D eigenvalue weighted by Gasteiger charge is -2.34. The Morgan fingerprint density at radius 2 is 1.76 bits per heavy atom. The maximum Gasteiger partial charge on any atom is 0.242 e. The van der Waals surface area contributed by atoms with Crippen LogP contribution in [0.3, 0.4) is 0 Å². The van der Waals surface area contributed by atoms with E-state index in [2.05, 4.69) is 0 Å². The van der Waals surface area contributed by atoms with Gasteiger partial charge in [-0.05, 0) is 18.4 Å². The summed E-state index contributed by atoms with van der Waals surface area (Å²) in [5.41, 5.74) is 6.23. The molecule has 29 heavy (non-hydrogen) atoms. The highest BCUT2D eigenvalue weighted by atomic mass is 16.5. The van der Waals surface area contributed by atoms with Crippen molar-refractivity contribution in [3.8, 4) is 0 Å². The Morgan fingerprint density at radius 1 is 1.03 bits per heavy atom. The lowest BCUT2D eigenvalue weighted by atomic mass is 9.94. The molecule has 7 nitrogen and oxygen atoms in total. The lowest BCUT2D eigenvalue weighted by Crippen LogP contribution is -2.46. The van der Waals surface area contributed by atoms with Gasteiger partial charge in [0.05, 0.1) is 19.3 Å². The topological polar surface area (TPSA) is 92.9 Å². The van der Waals surface area contributed by atoms with Crippen molar-refractivity contribution in [2.45, 2.75) is 63.7 Å². The van der Waals surface area contributed by atoms with Crippen molar-refractivity contribution in [2.75, 3.05) is 19.6 Å². The highest BCUT2D eigenvalue weighted by molar-refractivity contribution is 5.87. The fourth-order valence-electron chi connectivity index (χ4n) is 4.16. The van der Waals surface area contributed by atoms with Crippen molar-refractivity contribution in [1.29, 1.82) is 0 Å². The minimum Gasteiger partial charge on any atom is -0.370 e. The first-order valence-corrected chi connectivity index (χ1v) is 10.5. The Labute approximate surface area is 172 Å². The number of rotatable bonds is 7. The molecule has 7 heteroatoms.